The Hall–Kier alpha value is -2.81. The zero-order chi connectivity index (χ0) is 22.9. The lowest BCUT2D eigenvalue weighted by atomic mass is 10.1. The first-order valence-electron chi connectivity index (χ1n) is 10.7. The first kappa shape index (κ1) is 22.4. The van der Waals surface area contributed by atoms with Crippen LogP contribution in [0.5, 0.6) is 0 Å². The van der Waals surface area contributed by atoms with Crippen molar-refractivity contribution in [1.29, 1.82) is 0 Å². The van der Waals surface area contributed by atoms with Gasteiger partial charge in [-0.2, -0.15) is 4.31 Å². The van der Waals surface area contributed by atoms with Gasteiger partial charge in [0.15, 0.2) is 5.78 Å². The van der Waals surface area contributed by atoms with E-state index in [-0.39, 0.29) is 17.2 Å². The molecule has 0 radical (unpaired) electrons. The second kappa shape index (κ2) is 8.97. The molecule has 0 unspecified atom stereocenters. The fraction of sp³-hybridized carbons (Fsp3) is 0.333. The molecule has 0 N–H and O–H groups in total. The largest absolute Gasteiger partial charge is 0.318 e. The molecule has 1 fully saturated rings. The van der Waals surface area contributed by atoms with Crippen LogP contribution < -0.4 is 0 Å². The summed E-state index contributed by atoms with van der Waals surface area (Å²) in [4.78, 5) is 19.2. The Bertz CT molecular complexity index is 1210. The van der Waals surface area contributed by atoms with Crippen LogP contribution in [0.4, 0.5) is 0 Å². The fourth-order valence-electron chi connectivity index (χ4n) is 4.20. The van der Waals surface area contributed by atoms with Gasteiger partial charge in [0.05, 0.1) is 6.54 Å². The van der Waals surface area contributed by atoms with E-state index in [9.17, 15) is 13.2 Å². The first-order valence-corrected chi connectivity index (χ1v) is 12.1. The summed E-state index contributed by atoms with van der Waals surface area (Å²) in [6, 6.07) is 13.4. The number of sulfonamides is 1. The highest BCUT2D eigenvalue weighted by atomic mass is 32.2. The Morgan fingerprint density at radius 1 is 1.00 bits per heavy atom. The molecule has 1 aliphatic rings. The van der Waals surface area contributed by atoms with Crippen molar-refractivity contribution in [3.63, 3.8) is 0 Å². The number of piperazine rings is 1. The van der Waals surface area contributed by atoms with Crippen molar-refractivity contribution in [3.05, 3.63) is 77.4 Å². The molecule has 2 aromatic heterocycles. The predicted molar refractivity (Wildman–Crippen MR) is 124 cm³/mol. The summed E-state index contributed by atoms with van der Waals surface area (Å²) in [5.41, 5.74) is 4.89. The van der Waals surface area contributed by atoms with Crippen molar-refractivity contribution in [2.24, 2.45) is 0 Å². The predicted octanol–water partition coefficient (Wildman–Crippen LogP) is 2.99. The zero-order valence-electron chi connectivity index (χ0n) is 18.7. The topological polar surface area (TPSA) is 75.5 Å². The maximum absolute atomic E-state index is 13.1. The van der Waals surface area contributed by atoms with Crippen LogP contribution in [0.1, 0.15) is 27.3 Å². The molecule has 0 saturated carbocycles. The maximum atomic E-state index is 13.1. The van der Waals surface area contributed by atoms with Gasteiger partial charge in [-0.1, -0.05) is 17.7 Å². The Kier molecular flexibility index (Phi) is 6.28. The number of hydrogen-bond donors (Lipinski definition) is 0. The number of carbonyl (C=O) groups is 1. The van der Waals surface area contributed by atoms with Crippen LogP contribution >= 0.6 is 0 Å². The van der Waals surface area contributed by atoms with Crippen LogP contribution in [-0.2, 0) is 10.0 Å². The molecule has 0 atom stereocenters. The summed E-state index contributed by atoms with van der Waals surface area (Å²) in [5.74, 6) is 0.0556. The molecule has 32 heavy (non-hydrogen) atoms. The number of ketones is 1. The van der Waals surface area contributed by atoms with Gasteiger partial charge in [-0.3, -0.25) is 14.7 Å². The fourth-order valence-corrected chi connectivity index (χ4v) is 5.59. The van der Waals surface area contributed by atoms with Crippen molar-refractivity contribution in [2.75, 3.05) is 32.7 Å². The Morgan fingerprint density at radius 3 is 2.31 bits per heavy atom. The summed E-state index contributed by atoms with van der Waals surface area (Å²) in [7, 11) is -3.55. The molecule has 0 amide bonds. The number of benzene rings is 1. The number of carbonyl (C=O) groups excluding carboxylic acids is 1. The van der Waals surface area contributed by atoms with Crippen molar-refractivity contribution >= 4 is 15.8 Å². The highest BCUT2D eigenvalue weighted by molar-refractivity contribution is 7.89. The van der Waals surface area contributed by atoms with Crippen molar-refractivity contribution in [2.45, 2.75) is 25.7 Å². The number of hydrogen-bond acceptors (Lipinski definition) is 5. The average molecular weight is 453 g/mol. The molecule has 3 heterocycles. The molecule has 8 heteroatoms. The molecule has 168 valence electrons. The monoisotopic (exact) mass is 452 g/mol. The van der Waals surface area contributed by atoms with Gasteiger partial charge in [0.2, 0.25) is 10.0 Å². The first-order chi connectivity index (χ1) is 15.3. The minimum Gasteiger partial charge on any atom is -0.318 e. The molecule has 0 aliphatic carbocycles. The van der Waals surface area contributed by atoms with Crippen molar-refractivity contribution in [1.82, 2.24) is 18.8 Å². The molecule has 0 spiro atoms. The third kappa shape index (κ3) is 4.39. The second-order valence-electron chi connectivity index (χ2n) is 8.25. The molecule has 1 saturated heterocycles. The minimum atomic E-state index is -3.55. The molecular weight excluding hydrogens is 424 g/mol. The number of pyridine rings is 1. The van der Waals surface area contributed by atoms with Gasteiger partial charge in [-0.25, -0.2) is 8.42 Å². The normalized spacial score (nSPS) is 15.7. The van der Waals surface area contributed by atoms with Crippen LogP contribution in [0, 0.1) is 20.8 Å². The van der Waals surface area contributed by atoms with Gasteiger partial charge in [-0.15, -0.1) is 0 Å². The van der Waals surface area contributed by atoms with E-state index in [1.165, 1.54) is 16.1 Å². The molecule has 1 aliphatic heterocycles. The average Bonchev–Trinajstić information content (AvgIpc) is 3.09. The minimum absolute atomic E-state index is 0.0556. The van der Waals surface area contributed by atoms with E-state index >= 15 is 0 Å². The van der Waals surface area contributed by atoms with Gasteiger partial charge < -0.3 is 4.57 Å². The molecule has 3 aromatic rings. The lowest BCUT2D eigenvalue weighted by molar-refractivity contribution is 0.0901. The quantitative estimate of drug-likeness (QED) is 0.538. The highest BCUT2D eigenvalue weighted by Crippen LogP contribution is 2.22. The Balaban J connectivity index is 1.43. The summed E-state index contributed by atoms with van der Waals surface area (Å²) >= 11 is 0. The van der Waals surface area contributed by atoms with Crippen LogP contribution in [-0.4, -0.2) is 65.7 Å². The molecule has 1 aromatic carbocycles. The van der Waals surface area contributed by atoms with Crippen molar-refractivity contribution in [3.8, 4) is 5.69 Å². The van der Waals surface area contributed by atoms with E-state index in [1.807, 2.05) is 24.8 Å². The molecule has 7 nitrogen and oxygen atoms in total. The molecule has 0 bridgehead atoms. The van der Waals surface area contributed by atoms with Gasteiger partial charge in [0.1, 0.15) is 4.90 Å². The van der Waals surface area contributed by atoms with E-state index in [0.29, 0.717) is 31.7 Å². The summed E-state index contributed by atoms with van der Waals surface area (Å²) < 4.78 is 29.1. The number of aryl methyl sites for hydroxylation is 2. The van der Waals surface area contributed by atoms with Crippen LogP contribution in [0.15, 0.2) is 59.8 Å². The SMILES string of the molecule is Cc1ccc(-n2c(C)cc(C(=O)CN3CCN(S(=O)(=O)c4cccnc4)CC3)c2C)cc1. The molecular formula is C24H28N4O3S. The third-order valence-electron chi connectivity index (χ3n) is 5.99. The number of aromatic nitrogens is 2. The maximum Gasteiger partial charge on any atom is 0.244 e. The van der Waals surface area contributed by atoms with Crippen LogP contribution in [0.25, 0.3) is 5.69 Å². The number of nitrogens with zero attached hydrogens (tertiary/aromatic N) is 4. The van der Waals surface area contributed by atoms with Crippen molar-refractivity contribution < 1.29 is 13.2 Å². The van der Waals surface area contributed by atoms with Crippen LogP contribution in [0.3, 0.4) is 0 Å². The van der Waals surface area contributed by atoms with E-state index < -0.39 is 10.0 Å². The number of rotatable bonds is 6. The van der Waals surface area contributed by atoms with Gasteiger partial charge in [0.25, 0.3) is 0 Å². The van der Waals surface area contributed by atoms with E-state index in [0.717, 1.165) is 17.1 Å². The Morgan fingerprint density at radius 2 is 1.69 bits per heavy atom. The summed E-state index contributed by atoms with van der Waals surface area (Å²) in [6.45, 7) is 8.04. The van der Waals surface area contributed by atoms with E-state index in [2.05, 4.69) is 40.7 Å². The van der Waals surface area contributed by atoms with Crippen LogP contribution in [0.2, 0.25) is 0 Å². The zero-order valence-corrected chi connectivity index (χ0v) is 19.5. The number of Topliss-reactive ketones (excluding diaryl/α,β-unsaturated/α-hetero) is 1. The van der Waals surface area contributed by atoms with Gasteiger partial charge >= 0.3 is 0 Å². The summed E-state index contributed by atoms with van der Waals surface area (Å²) in [6.07, 6.45) is 2.92. The molecule has 4 rings (SSSR count). The third-order valence-corrected chi connectivity index (χ3v) is 7.88. The van der Waals surface area contributed by atoms with E-state index in [4.69, 9.17) is 0 Å². The smallest absolute Gasteiger partial charge is 0.244 e. The standard InChI is InChI=1S/C24H28N4O3S/c1-18-6-8-21(9-7-18)28-19(2)15-23(20(28)3)24(29)17-26-11-13-27(14-12-26)32(30,31)22-5-4-10-25-16-22/h4-10,15-16H,11-14,17H2,1-3H3. The Labute approximate surface area is 189 Å². The highest BCUT2D eigenvalue weighted by Gasteiger charge is 2.29. The van der Waals surface area contributed by atoms with Gasteiger partial charge in [0, 0.05) is 61.2 Å². The second-order valence-corrected chi connectivity index (χ2v) is 10.2. The van der Waals surface area contributed by atoms with E-state index in [1.54, 1.807) is 18.3 Å². The summed E-state index contributed by atoms with van der Waals surface area (Å²) in [5, 5.41) is 0. The lowest BCUT2D eigenvalue weighted by Gasteiger charge is -2.33. The lowest BCUT2D eigenvalue weighted by Crippen LogP contribution is -2.49. The van der Waals surface area contributed by atoms with Gasteiger partial charge in [-0.05, 0) is 51.1 Å².